The summed E-state index contributed by atoms with van der Waals surface area (Å²) in [5.41, 5.74) is 1.18. The summed E-state index contributed by atoms with van der Waals surface area (Å²) in [5, 5.41) is 21.7. The van der Waals surface area contributed by atoms with Gasteiger partial charge >= 0.3 is 11.7 Å². The number of amides is 1. The van der Waals surface area contributed by atoms with E-state index in [0.717, 1.165) is 56.9 Å². The SMILES string of the molecule is CN(C(=O)O)[C@@H]1C=C2CC[C@@H]3[C@H](CC[C@]4(C)[C@@H](c5ccc(=O)oc5)CC[C@]34O)[C@@]2(C)CC1. The summed E-state index contributed by atoms with van der Waals surface area (Å²) in [6.07, 6.45) is 10.4. The minimum atomic E-state index is -0.874. The smallest absolute Gasteiger partial charge is 0.407 e. The Balaban J connectivity index is 1.45. The number of allylic oxidation sites excluding steroid dienone is 1. The number of nitrogens with zero attached hydrogens (tertiary/aromatic N) is 1. The van der Waals surface area contributed by atoms with Crippen LogP contribution in [-0.2, 0) is 0 Å². The van der Waals surface area contributed by atoms with Gasteiger partial charge in [0.2, 0.25) is 0 Å². The average molecular weight is 442 g/mol. The molecule has 3 saturated carbocycles. The van der Waals surface area contributed by atoms with Crippen LogP contribution in [0.2, 0.25) is 0 Å². The van der Waals surface area contributed by atoms with E-state index in [1.165, 1.54) is 16.5 Å². The first-order valence-corrected chi connectivity index (χ1v) is 12.1. The van der Waals surface area contributed by atoms with E-state index in [-0.39, 0.29) is 34.3 Å². The zero-order valence-corrected chi connectivity index (χ0v) is 19.3. The van der Waals surface area contributed by atoms with Crippen molar-refractivity contribution in [3.05, 3.63) is 46.0 Å². The van der Waals surface area contributed by atoms with Crippen molar-refractivity contribution in [1.29, 1.82) is 0 Å². The molecule has 0 aliphatic heterocycles. The molecule has 32 heavy (non-hydrogen) atoms. The molecule has 0 saturated heterocycles. The highest BCUT2D eigenvalue weighted by Gasteiger charge is 2.66. The third kappa shape index (κ3) is 2.87. The average Bonchev–Trinajstić information content (AvgIpc) is 3.04. The highest BCUT2D eigenvalue weighted by molar-refractivity contribution is 5.65. The van der Waals surface area contributed by atoms with Crippen molar-refractivity contribution in [1.82, 2.24) is 4.90 Å². The molecular weight excluding hydrogens is 406 g/mol. The predicted molar refractivity (Wildman–Crippen MR) is 120 cm³/mol. The summed E-state index contributed by atoms with van der Waals surface area (Å²) in [6, 6.07) is 3.32. The van der Waals surface area contributed by atoms with Crippen LogP contribution in [0.4, 0.5) is 4.79 Å². The fraction of sp³-hybridized carbons (Fsp3) is 0.692. The van der Waals surface area contributed by atoms with Gasteiger partial charge in [0.15, 0.2) is 0 Å². The fourth-order valence-corrected chi connectivity index (χ4v) is 8.23. The fourth-order valence-electron chi connectivity index (χ4n) is 8.23. The van der Waals surface area contributed by atoms with Gasteiger partial charge < -0.3 is 19.5 Å². The highest BCUT2D eigenvalue weighted by atomic mass is 16.4. The van der Waals surface area contributed by atoms with E-state index in [4.69, 9.17) is 4.42 Å². The van der Waals surface area contributed by atoms with Crippen molar-refractivity contribution in [3.63, 3.8) is 0 Å². The van der Waals surface area contributed by atoms with Crippen molar-refractivity contribution in [2.75, 3.05) is 7.05 Å². The normalized spacial score (nSPS) is 42.9. The number of carbonyl (C=O) groups is 1. The number of fused-ring (bicyclic) bond motifs is 5. The summed E-state index contributed by atoms with van der Waals surface area (Å²) in [5.74, 6) is 0.865. The molecule has 0 bridgehead atoms. The first-order valence-electron chi connectivity index (χ1n) is 12.1. The molecule has 0 spiro atoms. The van der Waals surface area contributed by atoms with Crippen molar-refractivity contribution >= 4 is 6.09 Å². The lowest BCUT2D eigenvalue weighted by Crippen LogP contribution is -2.60. The van der Waals surface area contributed by atoms with E-state index < -0.39 is 11.7 Å². The standard InChI is InChI=1S/C26H35NO5/c1-24-11-8-18(27(3)23(29)30)14-17(24)5-6-21-20(24)9-12-25(2)19(10-13-26(21,25)31)16-4-7-22(28)32-15-16/h4,7,14-15,18-21,31H,5-6,8-13H2,1-3H3,(H,29,30)/t18-,19+,20-,21+,24-,25+,26-/m0/s1. The van der Waals surface area contributed by atoms with E-state index in [1.54, 1.807) is 13.3 Å². The summed E-state index contributed by atoms with van der Waals surface area (Å²) >= 11 is 0. The van der Waals surface area contributed by atoms with E-state index in [9.17, 15) is 19.8 Å². The van der Waals surface area contributed by atoms with Crippen LogP contribution in [0.1, 0.15) is 76.7 Å². The van der Waals surface area contributed by atoms with Crippen molar-refractivity contribution in [2.45, 2.75) is 82.8 Å². The second-order valence-electron chi connectivity index (χ2n) is 11.2. The molecule has 0 unspecified atom stereocenters. The third-order valence-electron chi connectivity index (χ3n) is 10.2. The molecule has 1 heterocycles. The van der Waals surface area contributed by atoms with Gasteiger partial charge in [-0.25, -0.2) is 9.59 Å². The topological polar surface area (TPSA) is 91.0 Å². The summed E-state index contributed by atoms with van der Waals surface area (Å²) in [7, 11) is 1.66. The van der Waals surface area contributed by atoms with E-state index >= 15 is 0 Å². The van der Waals surface area contributed by atoms with E-state index in [0.29, 0.717) is 5.92 Å². The Bertz CT molecular complexity index is 995. The molecule has 6 nitrogen and oxygen atoms in total. The van der Waals surface area contributed by atoms with Gasteiger partial charge in [0.25, 0.3) is 0 Å². The minimum absolute atomic E-state index is 0.0352. The highest BCUT2D eigenvalue weighted by Crippen LogP contribution is 2.70. The van der Waals surface area contributed by atoms with Crippen molar-refractivity contribution in [2.24, 2.45) is 22.7 Å². The molecular formula is C26H35NO5. The van der Waals surface area contributed by atoms with Gasteiger partial charge in [0, 0.05) is 18.5 Å². The van der Waals surface area contributed by atoms with Crippen LogP contribution in [0.5, 0.6) is 0 Å². The number of likely N-dealkylation sites (N-methyl/N-ethyl adjacent to an activating group) is 1. The van der Waals surface area contributed by atoms with Gasteiger partial charge in [0.05, 0.1) is 17.9 Å². The Hall–Kier alpha value is -2.08. The zero-order chi connectivity index (χ0) is 22.9. The maximum atomic E-state index is 12.3. The molecule has 0 radical (unpaired) electrons. The summed E-state index contributed by atoms with van der Waals surface area (Å²) < 4.78 is 5.18. The van der Waals surface area contributed by atoms with Crippen LogP contribution < -0.4 is 5.63 Å². The molecule has 4 aliphatic carbocycles. The Kier molecular flexibility index (Phi) is 4.90. The summed E-state index contributed by atoms with van der Waals surface area (Å²) in [6.45, 7) is 4.61. The van der Waals surface area contributed by atoms with Crippen molar-refractivity contribution in [3.8, 4) is 0 Å². The molecule has 1 aromatic heterocycles. The van der Waals surface area contributed by atoms with Crippen LogP contribution in [0, 0.1) is 22.7 Å². The third-order valence-corrected chi connectivity index (χ3v) is 10.2. The van der Waals surface area contributed by atoms with Gasteiger partial charge in [0.1, 0.15) is 0 Å². The Morgan fingerprint density at radius 1 is 1.09 bits per heavy atom. The Labute approximate surface area is 189 Å². The van der Waals surface area contributed by atoms with Gasteiger partial charge in [-0.3, -0.25) is 0 Å². The Morgan fingerprint density at radius 3 is 2.56 bits per heavy atom. The molecule has 174 valence electrons. The Morgan fingerprint density at radius 2 is 1.88 bits per heavy atom. The molecule has 1 aromatic rings. The molecule has 3 fully saturated rings. The van der Waals surface area contributed by atoms with Crippen molar-refractivity contribution < 1.29 is 19.4 Å². The molecule has 7 atom stereocenters. The first kappa shape index (κ1) is 21.7. The van der Waals surface area contributed by atoms with Crippen LogP contribution >= 0.6 is 0 Å². The molecule has 0 aromatic carbocycles. The van der Waals surface area contributed by atoms with Gasteiger partial charge in [-0.05, 0) is 86.2 Å². The first-order chi connectivity index (χ1) is 15.1. The number of aliphatic hydroxyl groups is 1. The lowest BCUT2D eigenvalue weighted by molar-refractivity contribution is -0.177. The second kappa shape index (κ2) is 7.21. The zero-order valence-electron chi connectivity index (χ0n) is 19.3. The maximum absolute atomic E-state index is 12.3. The van der Waals surface area contributed by atoms with Gasteiger partial charge in [-0.2, -0.15) is 0 Å². The number of hydrogen-bond donors (Lipinski definition) is 2. The quantitative estimate of drug-likeness (QED) is 0.645. The molecule has 1 amide bonds. The monoisotopic (exact) mass is 441 g/mol. The van der Waals surface area contributed by atoms with Crippen LogP contribution in [0.3, 0.4) is 0 Å². The van der Waals surface area contributed by atoms with Crippen LogP contribution in [-0.4, -0.2) is 39.9 Å². The number of carboxylic acid groups (broad SMARTS) is 1. The van der Waals surface area contributed by atoms with Gasteiger partial charge in [-0.1, -0.05) is 25.5 Å². The number of hydrogen-bond acceptors (Lipinski definition) is 4. The summed E-state index contributed by atoms with van der Waals surface area (Å²) in [4.78, 5) is 24.4. The largest absolute Gasteiger partial charge is 0.465 e. The number of rotatable bonds is 2. The van der Waals surface area contributed by atoms with Crippen LogP contribution in [0.15, 0.2) is 39.3 Å². The van der Waals surface area contributed by atoms with Crippen LogP contribution in [0.25, 0.3) is 0 Å². The lowest BCUT2D eigenvalue weighted by Gasteiger charge is -2.62. The molecule has 2 N–H and O–H groups in total. The van der Waals surface area contributed by atoms with E-state index in [2.05, 4.69) is 19.9 Å². The second-order valence-corrected chi connectivity index (χ2v) is 11.2. The molecule has 5 rings (SSSR count). The molecule has 4 aliphatic rings. The van der Waals surface area contributed by atoms with E-state index in [1.807, 2.05) is 6.07 Å². The molecule has 6 heteroatoms. The van der Waals surface area contributed by atoms with Gasteiger partial charge in [-0.15, -0.1) is 0 Å². The lowest BCUT2D eigenvalue weighted by atomic mass is 9.45. The minimum Gasteiger partial charge on any atom is -0.465 e. The maximum Gasteiger partial charge on any atom is 0.407 e. The predicted octanol–water partition coefficient (Wildman–Crippen LogP) is 4.78.